The van der Waals surface area contributed by atoms with E-state index < -0.39 is 4.32 Å². The van der Waals surface area contributed by atoms with Crippen molar-refractivity contribution in [3.63, 3.8) is 0 Å². The first-order valence-electron chi connectivity index (χ1n) is 5.48. The minimum absolute atomic E-state index is 0.0371. The van der Waals surface area contributed by atoms with Gasteiger partial charge in [0.2, 0.25) is 5.91 Å². The van der Waals surface area contributed by atoms with Crippen molar-refractivity contribution in [1.82, 2.24) is 0 Å². The summed E-state index contributed by atoms with van der Waals surface area (Å²) in [4.78, 5) is 15.7. The van der Waals surface area contributed by atoms with Gasteiger partial charge in [-0.2, -0.15) is 0 Å². The van der Waals surface area contributed by atoms with Gasteiger partial charge in [0.05, 0.1) is 4.32 Å². The molecule has 0 saturated heterocycles. The molecule has 0 N–H and O–H groups in total. The molecule has 0 fully saturated rings. The van der Waals surface area contributed by atoms with E-state index >= 15 is 0 Å². The van der Waals surface area contributed by atoms with Gasteiger partial charge < -0.3 is 9.80 Å². The number of halogens is 1. The average Bonchev–Trinajstić information content (AvgIpc) is 2.26. The molecule has 0 saturated carbocycles. The molecule has 0 aliphatic heterocycles. The highest BCUT2D eigenvalue weighted by molar-refractivity contribution is 9.10. The summed E-state index contributed by atoms with van der Waals surface area (Å²) >= 11 is 3.38. The van der Waals surface area contributed by atoms with Gasteiger partial charge >= 0.3 is 0 Å². The lowest BCUT2D eigenvalue weighted by Crippen LogP contribution is -2.39. The van der Waals surface area contributed by atoms with Crippen molar-refractivity contribution in [3.05, 3.63) is 24.3 Å². The van der Waals surface area contributed by atoms with E-state index in [1.165, 1.54) is 0 Å². The Labute approximate surface area is 112 Å². The zero-order valence-corrected chi connectivity index (χ0v) is 12.6. The first-order valence-corrected chi connectivity index (χ1v) is 6.27. The van der Waals surface area contributed by atoms with Crippen LogP contribution in [0.1, 0.15) is 13.8 Å². The lowest BCUT2D eigenvalue weighted by atomic mass is 10.1. The van der Waals surface area contributed by atoms with Crippen LogP contribution in [0.4, 0.5) is 11.4 Å². The fourth-order valence-electron chi connectivity index (χ4n) is 1.49. The number of benzene rings is 1. The highest BCUT2D eigenvalue weighted by Crippen LogP contribution is 2.24. The first kappa shape index (κ1) is 14.0. The Bertz CT molecular complexity index is 393. The van der Waals surface area contributed by atoms with E-state index in [0.29, 0.717) is 0 Å². The molecule has 1 amide bonds. The molecule has 0 aromatic heterocycles. The van der Waals surface area contributed by atoms with E-state index in [-0.39, 0.29) is 5.91 Å². The Morgan fingerprint density at radius 3 is 1.82 bits per heavy atom. The maximum absolute atomic E-state index is 12.1. The zero-order valence-electron chi connectivity index (χ0n) is 11.0. The standard InChI is InChI=1S/C13H19BrN2O/c1-13(2,14)12(17)16(5)11-8-6-10(7-9-11)15(3)4/h6-9H,1-5H3. The van der Waals surface area contributed by atoms with E-state index in [1.54, 1.807) is 11.9 Å². The topological polar surface area (TPSA) is 23.6 Å². The minimum Gasteiger partial charge on any atom is -0.378 e. The maximum atomic E-state index is 12.1. The largest absolute Gasteiger partial charge is 0.378 e. The molecule has 0 unspecified atom stereocenters. The Kier molecular flexibility index (Phi) is 4.20. The van der Waals surface area contributed by atoms with Crippen LogP contribution in [-0.2, 0) is 4.79 Å². The van der Waals surface area contributed by atoms with Gasteiger partial charge in [-0.25, -0.2) is 0 Å². The minimum atomic E-state index is -0.540. The predicted octanol–water partition coefficient (Wildman–Crippen LogP) is 2.89. The fraction of sp³-hybridized carbons (Fsp3) is 0.462. The summed E-state index contributed by atoms with van der Waals surface area (Å²) < 4.78 is -0.540. The highest BCUT2D eigenvalue weighted by Gasteiger charge is 2.27. The molecule has 0 spiro atoms. The van der Waals surface area contributed by atoms with E-state index in [9.17, 15) is 4.79 Å². The SMILES string of the molecule is CN(C)c1ccc(N(C)C(=O)C(C)(C)Br)cc1. The number of carbonyl (C=O) groups is 1. The molecule has 4 heteroatoms. The van der Waals surface area contributed by atoms with Gasteiger partial charge in [0.1, 0.15) is 0 Å². The van der Waals surface area contributed by atoms with Crippen LogP contribution in [0.3, 0.4) is 0 Å². The van der Waals surface area contributed by atoms with Crippen LogP contribution in [0.2, 0.25) is 0 Å². The van der Waals surface area contributed by atoms with Crippen molar-refractivity contribution >= 4 is 33.2 Å². The Balaban J connectivity index is 2.91. The number of hydrogen-bond acceptors (Lipinski definition) is 2. The van der Waals surface area contributed by atoms with Crippen LogP contribution in [0.5, 0.6) is 0 Å². The van der Waals surface area contributed by atoms with Crippen LogP contribution in [-0.4, -0.2) is 31.4 Å². The van der Waals surface area contributed by atoms with Crippen molar-refractivity contribution in [1.29, 1.82) is 0 Å². The van der Waals surface area contributed by atoms with Crippen molar-refractivity contribution in [2.75, 3.05) is 30.9 Å². The third-order valence-corrected chi connectivity index (χ3v) is 2.91. The summed E-state index contributed by atoms with van der Waals surface area (Å²) in [5.74, 6) is 0.0371. The molecule has 1 aromatic rings. The predicted molar refractivity (Wildman–Crippen MR) is 77.2 cm³/mol. The number of nitrogens with zero attached hydrogens (tertiary/aromatic N) is 2. The normalized spacial score (nSPS) is 11.2. The van der Waals surface area contributed by atoms with Gasteiger partial charge in [0.15, 0.2) is 0 Å². The van der Waals surface area contributed by atoms with Crippen molar-refractivity contribution < 1.29 is 4.79 Å². The van der Waals surface area contributed by atoms with Gasteiger partial charge in [-0.3, -0.25) is 4.79 Å². The van der Waals surface area contributed by atoms with Crippen molar-refractivity contribution in [3.8, 4) is 0 Å². The second-order valence-electron chi connectivity index (χ2n) is 4.75. The second kappa shape index (κ2) is 5.08. The lowest BCUT2D eigenvalue weighted by Gasteiger charge is -2.25. The fourth-order valence-corrected chi connectivity index (χ4v) is 1.76. The molecular formula is C13H19BrN2O. The number of hydrogen-bond donors (Lipinski definition) is 0. The molecule has 1 rings (SSSR count). The lowest BCUT2D eigenvalue weighted by molar-refractivity contribution is -0.119. The molecule has 0 heterocycles. The number of amides is 1. The molecule has 0 atom stereocenters. The monoisotopic (exact) mass is 298 g/mol. The summed E-state index contributed by atoms with van der Waals surface area (Å²) in [7, 11) is 5.77. The Morgan fingerprint density at radius 2 is 1.47 bits per heavy atom. The molecule has 0 radical (unpaired) electrons. The smallest absolute Gasteiger partial charge is 0.243 e. The summed E-state index contributed by atoms with van der Waals surface area (Å²) in [6.45, 7) is 3.69. The molecule has 94 valence electrons. The van der Waals surface area contributed by atoms with E-state index in [1.807, 2.05) is 57.1 Å². The summed E-state index contributed by atoms with van der Waals surface area (Å²) in [5.41, 5.74) is 2.01. The zero-order chi connectivity index (χ0) is 13.2. The third-order valence-electron chi connectivity index (χ3n) is 2.57. The molecule has 1 aromatic carbocycles. The summed E-state index contributed by atoms with van der Waals surface area (Å²) in [6, 6.07) is 7.90. The van der Waals surface area contributed by atoms with Crippen LogP contribution < -0.4 is 9.80 Å². The van der Waals surface area contributed by atoms with Gasteiger partial charge in [-0.05, 0) is 38.1 Å². The Hall–Kier alpha value is -1.03. The molecule has 0 bridgehead atoms. The van der Waals surface area contributed by atoms with Crippen molar-refractivity contribution in [2.45, 2.75) is 18.2 Å². The van der Waals surface area contributed by atoms with E-state index in [2.05, 4.69) is 15.9 Å². The second-order valence-corrected chi connectivity index (χ2v) is 6.73. The molecule has 0 aliphatic carbocycles. The van der Waals surface area contributed by atoms with Crippen LogP contribution in [0.25, 0.3) is 0 Å². The highest BCUT2D eigenvalue weighted by atomic mass is 79.9. The molecule has 17 heavy (non-hydrogen) atoms. The number of rotatable bonds is 3. The van der Waals surface area contributed by atoms with Crippen LogP contribution in [0, 0.1) is 0 Å². The van der Waals surface area contributed by atoms with Crippen LogP contribution in [0.15, 0.2) is 24.3 Å². The van der Waals surface area contributed by atoms with Gasteiger partial charge in [-0.15, -0.1) is 0 Å². The molecule has 0 aliphatic rings. The quantitative estimate of drug-likeness (QED) is 0.801. The van der Waals surface area contributed by atoms with Gasteiger partial charge in [-0.1, -0.05) is 15.9 Å². The maximum Gasteiger partial charge on any atom is 0.243 e. The average molecular weight is 299 g/mol. The van der Waals surface area contributed by atoms with E-state index in [4.69, 9.17) is 0 Å². The van der Waals surface area contributed by atoms with Gasteiger partial charge in [0, 0.05) is 32.5 Å². The van der Waals surface area contributed by atoms with Crippen molar-refractivity contribution in [2.24, 2.45) is 0 Å². The summed E-state index contributed by atoms with van der Waals surface area (Å²) in [5, 5.41) is 0. The van der Waals surface area contributed by atoms with E-state index in [0.717, 1.165) is 11.4 Å². The van der Waals surface area contributed by atoms with Gasteiger partial charge in [0.25, 0.3) is 0 Å². The first-order chi connectivity index (χ1) is 7.73. The summed E-state index contributed by atoms with van der Waals surface area (Å²) in [6.07, 6.45) is 0. The number of anilines is 2. The van der Waals surface area contributed by atoms with Crippen LogP contribution >= 0.6 is 15.9 Å². The third kappa shape index (κ3) is 3.46. The number of alkyl halides is 1. The molecule has 3 nitrogen and oxygen atoms in total. The molecular weight excluding hydrogens is 280 g/mol. The Morgan fingerprint density at radius 1 is 1.06 bits per heavy atom. The number of carbonyl (C=O) groups excluding carboxylic acids is 1.